The average molecular weight is 217 g/mol. The third kappa shape index (κ3) is 3.61. The molecule has 0 N–H and O–H groups in total. The maximum atomic E-state index is 12.2. The van der Waals surface area contributed by atoms with E-state index in [1.807, 2.05) is 0 Å². The van der Waals surface area contributed by atoms with Gasteiger partial charge in [0, 0.05) is 6.42 Å². The molecule has 0 saturated heterocycles. The van der Waals surface area contributed by atoms with Gasteiger partial charge in [0.15, 0.2) is 0 Å². The molecule has 0 heterocycles. The minimum absolute atomic E-state index is 0.120. The molecule has 1 aromatic rings. The Morgan fingerprint density at radius 2 is 1.80 bits per heavy atom. The van der Waals surface area contributed by atoms with Crippen molar-refractivity contribution in [1.82, 2.24) is 0 Å². The number of ether oxygens (including phenoxy) is 1. The number of halogens is 3. The number of benzene rings is 1. The summed E-state index contributed by atoms with van der Waals surface area (Å²) in [5.74, 6) is 0. The third-order valence-corrected chi connectivity index (χ3v) is 1.83. The van der Waals surface area contributed by atoms with Crippen molar-refractivity contribution < 1.29 is 22.7 Å². The molecule has 0 fully saturated rings. The molecule has 2 nitrogen and oxygen atoms in total. The highest BCUT2D eigenvalue weighted by Gasteiger charge is 2.29. The fraction of sp³-hybridized carbons (Fsp3) is 0.300. The minimum Gasteiger partial charge on any atom is -0.457 e. The fourth-order valence-electron chi connectivity index (χ4n) is 1.07. The highest BCUT2D eigenvalue weighted by Crippen LogP contribution is 2.29. The van der Waals surface area contributed by atoms with E-state index in [0.29, 0.717) is 12.0 Å². The largest absolute Gasteiger partial charge is 0.457 e. The van der Waals surface area contributed by atoms with Crippen LogP contribution in [0.15, 0.2) is 24.3 Å². The molecule has 1 radical (unpaired) electrons. The summed E-state index contributed by atoms with van der Waals surface area (Å²) in [5, 5.41) is 0. The van der Waals surface area contributed by atoms with Gasteiger partial charge in [-0.25, -0.2) is 4.79 Å². The lowest BCUT2D eigenvalue weighted by Gasteiger charge is -2.07. The second-order valence-electron chi connectivity index (χ2n) is 2.88. The first-order chi connectivity index (χ1) is 7.04. The van der Waals surface area contributed by atoms with E-state index in [9.17, 15) is 18.0 Å². The molecule has 0 atom stereocenters. The zero-order chi connectivity index (χ0) is 11.3. The van der Waals surface area contributed by atoms with Crippen LogP contribution >= 0.6 is 0 Å². The SMILES string of the molecule is O=[C]OCCc1ccc(C(F)(F)F)cc1. The van der Waals surface area contributed by atoms with Gasteiger partial charge in [-0.2, -0.15) is 13.2 Å². The van der Waals surface area contributed by atoms with E-state index in [0.717, 1.165) is 12.1 Å². The molecule has 0 bridgehead atoms. The summed E-state index contributed by atoms with van der Waals surface area (Å²) in [7, 11) is 0. The predicted octanol–water partition coefficient (Wildman–Crippen LogP) is 2.33. The molecule has 0 unspecified atom stereocenters. The Labute approximate surface area is 84.7 Å². The van der Waals surface area contributed by atoms with Crippen LogP contribution in [0.25, 0.3) is 0 Å². The second-order valence-corrected chi connectivity index (χ2v) is 2.88. The first kappa shape index (κ1) is 11.6. The van der Waals surface area contributed by atoms with Crippen molar-refractivity contribution >= 4 is 6.47 Å². The topological polar surface area (TPSA) is 26.3 Å². The molecule has 1 aromatic carbocycles. The van der Waals surface area contributed by atoms with Crippen molar-refractivity contribution in [2.24, 2.45) is 0 Å². The van der Waals surface area contributed by atoms with E-state index >= 15 is 0 Å². The highest BCUT2D eigenvalue weighted by molar-refractivity contribution is 5.38. The van der Waals surface area contributed by atoms with Crippen LogP contribution in [-0.4, -0.2) is 13.1 Å². The van der Waals surface area contributed by atoms with Crippen LogP contribution in [0.2, 0.25) is 0 Å². The first-order valence-electron chi connectivity index (χ1n) is 4.19. The van der Waals surface area contributed by atoms with Crippen molar-refractivity contribution in [2.75, 3.05) is 6.61 Å². The zero-order valence-corrected chi connectivity index (χ0v) is 7.67. The molecule has 0 aliphatic heterocycles. The summed E-state index contributed by atoms with van der Waals surface area (Å²) in [6.45, 7) is 1.36. The molecule has 15 heavy (non-hydrogen) atoms. The molecule has 5 heteroatoms. The third-order valence-electron chi connectivity index (χ3n) is 1.83. The van der Waals surface area contributed by atoms with Crippen molar-refractivity contribution in [3.05, 3.63) is 35.4 Å². The van der Waals surface area contributed by atoms with Gasteiger partial charge in [-0.05, 0) is 17.7 Å². The number of hydrogen-bond acceptors (Lipinski definition) is 2. The Hall–Kier alpha value is -1.52. The predicted molar refractivity (Wildman–Crippen MR) is 46.8 cm³/mol. The fourth-order valence-corrected chi connectivity index (χ4v) is 1.07. The van der Waals surface area contributed by atoms with Gasteiger partial charge in [0.25, 0.3) is 0 Å². The number of hydrogen-bond donors (Lipinski definition) is 0. The average Bonchev–Trinajstić information content (AvgIpc) is 2.18. The van der Waals surface area contributed by atoms with Gasteiger partial charge in [0.2, 0.25) is 0 Å². The molecule has 0 aliphatic rings. The quantitative estimate of drug-likeness (QED) is 0.723. The number of rotatable bonds is 4. The Kier molecular flexibility index (Phi) is 3.71. The monoisotopic (exact) mass is 217 g/mol. The van der Waals surface area contributed by atoms with Gasteiger partial charge in [-0.15, -0.1) is 0 Å². The second kappa shape index (κ2) is 4.82. The van der Waals surface area contributed by atoms with Crippen LogP contribution < -0.4 is 0 Å². The highest BCUT2D eigenvalue weighted by atomic mass is 19.4. The lowest BCUT2D eigenvalue weighted by atomic mass is 10.1. The standard InChI is InChI=1S/C10H8F3O2/c11-10(12,13)9-3-1-8(2-4-9)5-6-15-7-14/h1-4H,5-6H2. The summed E-state index contributed by atoms with van der Waals surface area (Å²) >= 11 is 0. The van der Waals surface area contributed by atoms with Crippen LogP contribution in [0.5, 0.6) is 0 Å². The van der Waals surface area contributed by atoms with Crippen molar-refractivity contribution in [3.8, 4) is 0 Å². The van der Waals surface area contributed by atoms with Gasteiger partial charge in [-0.3, -0.25) is 0 Å². The lowest BCUT2D eigenvalue weighted by Crippen LogP contribution is -2.05. The maximum absolute atomic E-state index is 12.2. The van der Waals surface area contributed by atoms with E-state index in [2.05, 4.69) is 4.74 Å². The number of alkyl halides is 3. The Morgan fingerprint density at radius 1 is 1.20 bits per heavy atom. The summed E-state index contributed by atoms with van der Waals surface area (Å²) in [6.07, 6.45) is -3.93. The van der Waals surface area contributed by atoms with Crippen LogP contribution in [0.1, 0.15) is 11.1 Å². The first-order valence-corrected chi connectivity index (χ1v) is 4.19. The van der Waals surface area contributed by atoms with Gasteiger partial charge < -0.3 is 4.74 Å². The van der Waals surface area contributed by atoms with Crippen LogP contribution in [-0.2, 0) is 22.1 Å². The Balaban J connectivity index is 2.60. The summed E-state index contributed by atoms with van der Waals surface area (Å²) in [4.78, 5) is 9.68. The van der Waals surface area contributed by atoms with Crippen LogP contribution in [0, 0.1) is 0 Å². The molecule has 0 amide bonds. The van der Waals surface area contributed by atoms with Crippen LogP contribution in [0.4, 0.5) is 13.2 Å². The van der Waals surface area contributed by atoms with Crippen molar-refractivity contribution in [2.45, 2.75) is 12.6 Å². The molecule has 81 valence electrons. The minimum atomic E-state index is -4.31. The molecule has 0 spiro atoms. The van der Waals surface area contributed by atoms with Gasteiger partial charge in [-0.1, -0.05) is 12.1 Å². The van der Waals surface area contributed by atoms with E-state index in [1.54, 1.807) is 0 Å². The zero-order valence-electron chi connectivity index (χ0n) is 7.67. The normalized spacial score (nSPS) is 11.1. The summed E-state index contributed by atoms with van der Waals surface area (Å²) in [5.41, 5.74) is -0.00707. The molecular formula is C10H8F3O2. The van der Waals surface area contributed by atoms with Crippen molar-refractivity contribution in [3.63, 3.8) is 0 Å². The summed E-state index contributed by atoms with van der Waals surface area (Å²) in [6, 6.07) is 4.72. The molecule has 0 aromatic heterocycles. The maximum Gasteiger partial charge on any atom is 0.417 e. The van der Waals surface area contributed by atoms with Crippen molar-refractivity contribution in [1.29, 1.82) is 0 Å². The molecule has 1 rings (SSSR count). The molecular weight excluding hydrogens is 209 g/mol. The Bertz CT molecular complexity index is 316. The van der Waals surface area contributed by atoms with Gasteiger partial charge >= 0.3 is 12.6 Å². The van der Waals surface area contributed by atoms with Crippen LogP contribution in [0.3, 0.4) is 0 Å². The number of carbonyl (C=O) groups excluding carboxylic acids is 1. The van der Waals surface area contributed by atoms with E-state index in [1.165, 1.54) is 18.6 Å². The summed E-state index contributed by atoms with van der Waals surface area (Å²) < 4.78 is 40.8. The van der Waals surface area contributed by atoms with E-state index in [-0.39, 0.29) is 6.61 Å². The molecule has 0 saturated carbocycles. The lowest BCUT2D eigenvalue weighted by molar-refractivity contribution is -0.137. The van der Waals surface area contributed by atoms with E-state index < -0.39 is 11.7 Å². The van der Waals surface area contributed by atoms with Gasteiger partial charge in [0.05, 0.1) is 12.2 Å². The molecule has 0 aliphatic carbocycles. The smallest absolute Gasteiger partial charge is 0.417 e. The van der Waals surface area contributed by atoms with Gasteiger partial charge in [0.1, 0.15) is 0 Å². The Morgan fingerprint density at radius 3 is 2.27 bits per heavy atom. The van der Waals surface area contributed by atoms with E-state index in [4.69, 9.17) is 0 Å².